The molecule has 3 heterocycles. The van der Waals surface area contributed by atoms with Crippen LogP contribution in [0.4, 0.5) is 0 Å². The molecule has 3 aliphatic heterocycles. The lowest BCUT2D eigenvalue weighted by molar-refractivity contribution is -0.302. The maximum Gasteiger partial charge on any atom is 0.329 e. The van der Waals surface area contributed by atoms with Crippen LogP contribution in [-0.2, 0) is 38.1 Å². The number of ether oxygens (including phenoxy) is 5. The average Bonchev–Trinajstić information content (AvgIpc) is 3.20. The van der Waals surface area contributed by atoms with Gasteiger partial charge in [0.05, 0.1) is 30.5 Å². The molecule has 14 heteroatoms. The average molecular weight is 806 g/mol. The normalized spacial score (nSPS) is 41.8. The van der Waals surface area contributed by atoms with E-state index < -0.39 is 77.9 Å². The molecule has 2 bridgehead atoms. The fraction of sp³-hybridized carbons (Fsp3) is 0.814. The Morgan fingerprint density at radius 2 is 1.63 bits per heavy atom. The summed E-state index contributed by atoms with van der Waals surface area (Å²) >= 11 is 0. The first-order valence-corrected chi connectivity index (χ1v) is 21.1. The highest BCUT2D eigenvalue weighted by Crippen LogP contribution is 2.39. The number of amides is 1. The molecule has 0 aromatic rings. The van der Waals surface area contributed by atoms with Gasteiger partial charge in [0.1, 0.15) is 18.2 Å². The number of methoxy groups -OCH3 is 3. The number of carbonyl (C=O) groups excluding carboxylic acids is 3. The molecule has 57 heavy (non-hydrogen) atoms. The number of hydrogen-bond donors (Lipinski definition) is 4. The van der Waals surface area contributed by atoms with Gasteiger partial charge >= 0.3 is 5.97 Å². The maximum atomic E-state index is 14.4. The Labute approximate surface area is 339 Å². The predicted molar refractivity (Wildman–Crippen MR) is 215 cm³/mol. The van der Waals surface area contributed by atoms with E-state index in [2.05, 4.69) is 18.1 Å². The third-order valence-corrected chi connectivity index (χ3v) is 13.1. The maximum absolute atomic E-state index is 14.4. The molecule has 0 radical (unpaired) electrons. The lowest BCUT2D eigenvalue weighted by Gasteiger charge is -2.47. The summed E-state index contributed by atoms with van der Waals surface area (Å²) in [4.78, 5) is 44.1. The Hall–Kier alpha value is -2.72. The van der Waals surface area contributed by atoms with Crippen molar-refractivity contribution in [1.82, 2.24) is 4.90 Å². The number of Topliss-reactive ketones (excluding diaryl/α,β-unsaturated/α-hetero) is 1. The Bertz CT molecular complexity index is 1470. The minimum atomic E-state index is -2.49. The number of esters is 1. The Morgan fingerprint density at radius 3 is 2.26 bits per heavy atom. The summed E-state index contributed by atoms with van der Waals surface area (Å²) in [6, 6.07) is -1.11. The van der Waals surface area contributed by atoms with E-state index in [1.807, 2.05) is 33.8 Å². The SMILES string of the molecule is CC[C@@H]1/C=C(\C)C[C@H](C)CC(OC)[C@H]2O[C@@](O)(C(=O)C(=O)N3CCCC[C@H]3C(=O)O[C@H](/C(C)=C/[C@@H]3CC[C@@H](O)[C@H](OC)C3)[C@H](C)[C@@H](O)C/C1=N/N)[C@H](C)C[C@@H]2OC. The van der Waals surface area contributed by atoms with Gasteiger partial charge in [0.2, 0.25) is 5.79 Å². The molecule has 4 aliphatic rings. The Kier molecular flexibility index (Phi) is 17.3. The standard InChI is InChI=1S/C43H71N3O11/c1-10-30-18-24(2)17-25(3)19-36(54-8)39-37(55-9)21-27(5)43(52,57-39)40(49)41(50)46-16-12-11-13-32(46)42(51)56-38(28(6)34(48)23-31(30)45-44)26(4)20-29-14-15-33(47)35(22-29)53-7/h18,20,25,27-30,32-39,47-48,52H,10-17,19,21-23,44H2,1-9H3/b24-18+,26-20+,45-31-/t25-,27+,28+,29-,30+,32-,33+,34-,35+,36?,37-,38+,39+,43+/m0/s1. The third kappa shape index (κ3) is 11.1. The third-order valence-electron chi connectivity index (χ3n) is 13.1. The number of cyclic esters (lactones) is 1. The minimum Gasteiger partial charge on any atom is -0.456 e. The zero-order valence-corrected chi connectivity index (χ0v) is 35.7. The first kappa shape index (κ1) is 47.0. The largest absolute Gasteiger partial charge is 0.456 e. The van der Waals surface area contributed by atoms with Crippen molar-refractivity contribution >= 4 is 23.4 Å². The van der Waals surface area contributed by atoms with Crippen LogP contribution in [0.2, 0.25) is 0 Å². The number of nitrogens with two attached hydrogens (primary N) is 1. The van der Waals surface area contributed by atoms with Crippen molar-refractivity contribution in [3.63, 3.8) is 0 Å². The first-order chi connectivity index (χ1) is 27.0. The quantitative estimate of drug-likeness (QED) is 0.0982. The highest BCUT2D eigenvalue weighted by molar-refractivity contribution is 6.39. The van der Waals surface area contributed by atoms with Crippen LogP contribution in [0.15, 0.2) is 28.4 Å². The molecule has 2 saturated heterocycles. The van der Waals surface area contributed by atoms with Gasteiger partial charge in [-0.3, -0.25) is 9.59 Å². The number of nitrogens with zero attached hydrogens (tertiary/aromatic N) is 2. The van der Waals surface area contributed by atoms with E-state index in [1.165, 1.54) is 4.90 Å². The van der Waals surface area contributed by atoms with Crippen LogP contribution in [0.1, 0.15) is 112 Å². The number of fused-ring (bicyclic) bond motifs is 3. The molecule has 14 nitrogen and oxygen atoms in total. The second kappa shape index (κ2) is 21.0. The summed E-state index contributed by atoms with van der Waals surface area (Å²) in [7, 11) is 4.67. The van der Waals surface area contributed by atoms with Crippen LogP contribution in [0.25, 0.3) is 0 Å². The number of hydrazone groups is 1. The fourth-order valence-electron chi connectivity index (χ4n) is 9.56. The molecule has 324 valence electrons. The van der Waals surface area contributed by atoms with E-state index in [0.29, 0.717) is 62.7 Å². The Balaban J connectivity index is 1.79. The molecule has 1 unspecified atom stereocenters. The van der Waals surface area contributed by atoms with Gasteiger partial charge in [0.15, 0.2) is 0 Å². The monoisotopic (exact) mass is 806 g/mol. The zero-order valence-electron chi connectivity index (χ0n) is 35.7. The molecule has 14 atom stereocenters. The van der Waals surface area contributed by atoms with Gasteiger partial charge in [-0.25, -0.2) is 4.79 Å². The predicted octanol–water partition coefficient (Wildman–Crippen LogP) is 4.22. The number of piperidine rings is 1. The number of allylic oxidation sites excluding steroid dienone is 3. The molecule has 0 aromatic carbocycles. The van der Waals surface area contributed by atoms with E-state index >= 15 is 0 Å². The van der Waals surface area contributed by atoms with Gasteiger partial charge in [0.25, 0.3) is 11.7 Å². The van der Waals surface area contributed by atoms with E-state index in [9.17, 15) is 29.7 Å². The van der Waals surface area contributed by atoms with Crippen molar-refractivity contribution in [1.29, 1.82) is 0 Å². The lowest BCUT2D eigenvalue weighted by atomic mass is 9.81. The van der Waals surface area contributed by atoms with Gasteiger partial charge in [-0.15, -0.1) is 0 Å². The second-order valence-electron chi connectivity index (χ2n) is 17.3. The smallest absolute Gasteiger partial charge is 0.329 e. The van der Waals surface area contributed by atoms with Gasteiger partial charge in [0, 0.05) is 57.8 Å². The van der Waals surface area contributed by atoms with Crippen molar-refractivity contribution in [2.45, 2.75) is 167 Å². The number of hydrogen-bond acceptors (Lipinski definition) is 13. The second-order valence-corrected chi connectivity index (χ2v) is 17.3. The van der Waals surface area contributed by atoms with E-state index in [1.54, 1.807) is 28.3 Å². The summed E-state index contributed by atoms with van der Waals surface area (Å²) in [5.74, 6) is -0.850. The number of rotatable bonds is 6. The molecular weight excluding hydrogens is 734 g/mol. The Morgan fingerprint density at radius 1 is 0.965 bits per heavy atom. The first-order valence-electron chi connectivity index (χ1n) is 21.1. The molecule has 4 rings (SSSR count). The van der Waals surface area contributed by atoms with Crippen molar-refractivity contribution < 1.29 is 53.4 Å². The summed E-state index contributed by atoms with van der Waals surface area (Å²) in [5.41, 5.74) is 2.42. The van der Waals surface area contributed by atoms with Crippen LogP contribution < -0.4 is 5.84 Å². The highest BCUT2D eigenvalue weighted by Gasteiger charge is 2.56. The molecule has 1 saturated carbocycles. The number of carbonyl (C=O) groups is 3. The molecule has 5 N–H and O–H groups in total. The van der Waals surface area contributed by atoms with Crippen molar-refractivity contribution in [3.05, 3.63) is 23.3 Å². The lowest BCUT2D eigenvalue weighted by Crippen LogP contribution is -2.64. The van der Waals surface area contributed by atoms with Crippen molar-refractivity contribution in [3.8, 4) is 0 Å². The number of aliphatic hydroxyl groups excluding tert-OH is 2. The van der Waals surface area contributed by atoms with E-state index in [4.69, 9.17) is 29.5 Å². The van der Waals surface area contributed by atoms with Crippen LogP contribution in [0.5, 0.6) is 0 Å². The summed E-state index contributed by atoms with van der Waals surface area (Å²) < 4.78 is 29.9. The molecular formula is C43H71N3O11. The number of aliphatic hydroxyl groups is 3. The molecule has 1 amide bonds. The summed E-state index contributed by atoms with van der Waals surface area (Å²) in [6.07, 6.45) is 4.85. The van der Waals surface area contributed by atoms with Crippen molar-refractivity contribution in [2.24, 2.45) is 40.5 Å². The fourth-order valence-corrected chi connectivity index (χ4v) is 9.56. The number of ketones is 1. The van der Waals surface area contributed by atoms with Gasteiger partial charge in [-0.2, -0.15) is 5.10 Å². The summed E-state index contributed by atoms with van der Waals surface area (Å²) in [5, 5.41) is 38.5. The summed E-state index contributed by atoms with van der Waals surface area (Å²) in [6.45, 7) is 11.6. The van der Waals surface area contributed by atoms with Gasteiger partial charge in [-0.1, -0.05) is 45.4 Å². The molecule has 0 spiro atoms. The topological polar surface area (TPSA) is 200 Å². The van der Waals surface area contributed by atoms with Gasteiger partial charge in [-0.05, 0) is 95.5 Å². The zero-order chi connectivity index (χ0) is 42.2. The van der Waals surface area contributed by atoms with Crippen molar-refractivity contribution in [2.75, 3.05) is 27.9 Å². The minimum absolute atomic E-state index is 0.0236. The van der Waals surface area contributed by atoms with Crippen LogP contribution in [-0.4, -0.2) is 126 Å². The van der Waals surface area contributed by atoms with E-state index in [-0.39, 0.29) is 49.7 Å². The molecule has 0 aromatic heterocycles. The van der Waals surface area contributed by atoms with Crippen LogP contribution in [0, 0.1) is 29.6 Å². The molecule has 1 aliphatic carbocycles. The molecule has 3 fully saturated rings. The van der Waals surface area contributed by atoms with Crippen LogP contribution in [0.3, 0.4) is 0 Å². The van der Waals surface area contributed by atoms with Gasteiger partial charge < -0.3 is 49.7 Å². The van der Waals surface area contributed by atoms with Crippen LogP contribution >= 0.6 is 0 Å². The highest BCUT2D eigenvalue weighted by atomic mass is 16.7. The van der Waals surface area contributed by atoms with E-state index in [0.717, 1.165) is 5.57 Å².